The van der Waals surface area contributed by atoms with Gasteiger partial charge >= 0.3 is 145 Å². The van der Waals surface area contributed by atoms with E-state index in [2.05, 4.69) is 26.0 Å². The zero-order valence-corrected chi connectivity index (χ0v) is 16.1. The van der Waals surface area contributed by atoms with Gasteiger partial charge in [0, 0.05) is 0 Å². The number of hydrogen-bond donors (Lipinski definition) is 0. The molecule has 1 unspecified atom stereocenters. The normalized spacial score (nSPS) is 13.7. The molecule has 0 heterocycles. The van der Waals surface area contributed by atoms with Gasteiger partial charge in [0.1, 0.15) is 0 Å². The first kappa shape index (κ1) is 18.2. The topological polar surface area (TPSA) is 43.4 Å². The third-order valence-corrected chi connectivity index (χ3v) is 7.25. The zero-order valence-electron chi connectivity index (χ0n) is 13.6. The van der Waals surface area contributed by atoms with E-state index in [1.54, 1.807) is 30.3 Å². The third kappa shape index (κ3) is 5.78. The molecule has 0 fully saturated rings. The maximum atomic E-state index is 12.3. The van der Waals surface area contributed by atoms with Crippen LogP contribution in [0.15, 0.2) is 65.6 Å². The van der Waals surface area contributed by atoms with Gasteiger partial charge in [-0.1, -0.05) is 0 Å². The molecular weight excluding hydrogens is 375 g/mol. The Hall–Kier alpha value is -1.13. The van der Waals surface area contributed by atoms with Crippen LogP contribution in [0.2, 0.25) is 4.31 Å². The van der Waals surface area contributed by atoms with Crippen LogP contribution in [0.25, 0.3) is 0 Å². The second-order valence-corrected chi connectivity index (χ2v) is 11.4. The van der Waals surface area contributed by atoms with Crippen molar-refractivity contribution in [2.75, 3.05) is 0 Å². The van der Waals surface area contributed by atoms with Crippen molar-refractivity contribution in [2.45, 2.75) is 42.5 Å². The van der Waals surface area contributed by atoms with Crippen molar-refractivity contribution < 1.29 is 12.6 Å². The summed E-state index contributed by atoms with van der Waals surface area (Å²) in [5.74, 6) is 0. The maximum absolute atomic E-state index is 12.3. The zero-order chi connectivity index (χ0) is 16.9. The molecule has 0 saturated carbocycles. The van der Waals surface area contributed by atoms with Crippen LogP contribution in [-0.4, -0.2) is 29.5 Å². The molecule has 23 heavy (non-hydrogen) atoms. The van der Waals surface area contributed by atoms with Gasteiger partial charge in [0.25, 0.3) is 0 Å². The van der Waals surface area contributed by atoms with Gasteiger partial charge < -0.3 is 0 Å². The average molecular weight is 397 g/mol. The van der Waals surface area contributed by atoms with Gasteiger partial charge in [-0.3, -0.25) is 0 Å². The van der Waals surface area contributed by atoms with Gasteiger partial charge in [-0.15, -0.1) is 0 Å². The first-order valence-electron chi connectivity index (χ1n) is 7.51. The SMILES string of the molecule is CC(CC(C)(C)[Se]c1ccccc1)OS(=O)(=O)c1ccccc1. The van der Waals surface area contributed by atoms with Crippen LogP contribution >= 0.6 is 0 Å². The monoisotopic (exact) mass is 398 g/mol. The Bertz CT molecular complexity index is 712. The van der Waals surface area contributed by atoms with Gasteiger partial charge in [-0.2, -0.15) is 0 Å². The molecule has 2 aromatic rings. The first-order chi connectivity index (χ1) is 10.8. The molecule has 0 radical (unpaired) electrons. The van der Waals surface area contributed by atoms with E-state index in [4.69, 9.17) is 4.18 Å². The summed E-state index contributed by atoms with van der Waals surface area (Å²) in [4.78, 5) is 0.207. The van der Waals surface area contributed by atoms with Gasteiger partial charge in [0.15, 0.2) is 0 Å². The van der Waals surface area contributed by atoms with Gasteiger partial charge in [0.2, 0.25) is 0 Å². The molecule has 0 aliphatic carbocycles. The standard InChI is InChI=1S/C18H22O3SSe/c1-15(21-22(19,20)16-10-6-4-7-11-16)14-18(2,3)23-17-12-8-5-9-13-17/h4-13,15H,14H2,1-3H3. The summed E-state index contributed by atoms with van der Waals surface area (Å²) in [6, 6.07) is 18.6. The van der Waals surface area contributed by atoms with Crippen LogP contribution in [0.5, 0.6) is 0 Å². The minimum atomic E-state index is -3.70. The number of rotatable bonds is 7. The fourth-order valence-corrected chi connectivity index (χ4v) is 6.16. The molecular formula is C18H22O3SSe. The van der Waals surface area contributed by atoms with Crippen molar-refractivity contribution in [3.63, 3.8) is 0 Å². The van der Waals surface area contributed by atoms with Gasteiger partial charge in [-0.05, 0) is 0 Å². The van der Waals surface area contributed by atoms with Crippen molar-refractivity contribution in [1.82, 2.24) is 0 Å². The van der Waals surface area contributed by atoms with E-state index in [9.17, 15) is 8.42 Å². The van der Waals surface area contributed by atoms with E-state index in [0.717, 1.165) is 0 Å². The van der Waals surface area contributed by atoms with Crippen molar-refractivity contribution in [1.29, 1.82) is 0 Å². The van der Waals surface area contributed by atoms with Crippen molar-refractivity contribution in [3.05, 3.63) is 60.7 Å². The second-order valence-electron chi connectivity index (χ2n) is 6.05. The molecule has 0 spiro atoms. The van der Waals surface area contributed by atoms with Crippen molar-refractivity contribution in [2.24, 2.45) is 0 Å². The Labute approximate surface area is 145 Å². The van der Waals surface area contributed by atoms with E-state index in [0.29, 0.717) is 6.42 Å². The predicted octanol–water partition coefficient (Wildman–Crippen LogP) is 3.40. The molecule has 0 aromatic heterocycles. The molecule has 3 nitrogen and oxygen atoms in total. The minimum absolute atomic E-state index is 0.0139. The molecule has 0 aliphatic heterocycles. The Kier molecular flexibility index (Phi) is 6.04. The van der Waals surface area contributed by atoms with Crippen LogP contribution in [0.3, 0.4) is 0 Å². The second kappa shape index (κ2) is 7.63. The van der Waals surface area contributed by atoms with Crippen LogP contribution in [-0.2, 0) is 14.3 Å². The van der Waals surface area contributed by atoms with Crippen LogP contribution in [0.4, 0.5) is 0 Å². The Balaban J connectivity index is 1.99. The average Bonchev–Trinajstić information content (AvgIpc) is 2.47. The van der Waals surface area contributed by atoms with E-state index >= 15 is 0 Å². The molecule has 5 heteroatoms. The fourth-order valence-electron chi connectivity index (χ4n) is 2.43. The van der Waals surface area contributed by atoms with E-state index in [-0.39, 0.29) is 30.3 Å². The number of hydrogen-bond acceptors (Lipinski definition) is 3. The molecule has 0 N–H and O–H groups in total. The Morgan fingerprint density at radius 2 is 1.52 bits per heavy atom. The number of benzene rings is 2. The summed E-state index contributed by atoms with van der Waals surface area (Å²) in [5.41, 5.74) is 0. The van der Waals surface area contributed by atoms with Crippen molar-refractivity contribution >= 4 is 29.5 Å². The fraction of sp³-hybridized carbons (Fsp3) is 0.333. The summed E-state index contributed by atoms with van der Waals surface area (Å²) >= 11 is 0.252. The Morgan fingerprint density at radius 1 is 1.00 bits per heavy atom. The third-order valence-electron chi connectivity index (χ3n) is 3.24. The molecule has 2 rings (SSSR count). The summed E-state index contributed by atoms with van der Waals surface area (Å²) < 4.78 is 31.2. The summed E-state index contributed by atoms with van der Waals surface area (Å²) in [7, 11) is -3.70. The molecule has 0 aliphatic rings. The molecule has 1 atom stereocenters. The van der Waals surface area contributed by atoms with E-state index in [1.165, 1.54) is 4.46 Å². The predicted molar refractivity (Wildman–Crippen MR) is 94.7 cm³/mol. The summed E-state index contributed by atoms with van der Waals surface area (Å²) in [6.45, 7) is 6.15. The quantitative estimate of drug-likeness (QED) is 0.531. The van der Waals surface area contributed by atoms with Crippen LogP contribution < -0.4 is 4.46 Å². The molecule has 0 saturated heterocycles. The van der Waals surface area contributed by atoms with Crippen LogP contribution in [0.1, 0.15) is 27.2 Å². The first-order valence-corrected chi connectivity index (χ1v) is 10.6. The molecule has 0 bridgehead atoms. The molecule has 124 valence electrons. The Morgan fingerprint density at radius 3 is 2.09 bits per heavy atom. The van der Waals surface area contributed by atoms with E-state index in [1.807, 2.05) is 25.1 Å². The summed E-state index contributed by atoms with van der Waals surface area (Å²) in [5, 5.41) is 0. The van der Waals surface area contributed by atoms with Crippen LogP contribution in [0, 0.1) is 0 Å². The molecule has 0 amide bonds. The van der Waals surface area contributed by atoms with Gasteiger partial charge in [-0.25, -0.2) is 0 Å². The molecule has 2 aromatic carbocycles. The summed E-state index contributed by atoms with van der Waals surface area (Å²) in [6.07, 6.45) is 0.328. The van der Waals surface area contributed by atoms with Gasteiger partial charge in [0.05, 0.1) is 0 Å². The van der Waals surface area contributed by atoms with Crippen molar-refractivity contribution in [3.8, 4) is 0 Å². The van der Waals surface area contributed by atoms with E-state index < -0.39 is 10.1 Å².